The summed E-state index contributed by atoms with van der Waals surface area (Å²) in [5.74, 6) is -0.203. The molecule has 3 aromatic rings. The number of nitrogens with zero attached hydrogens (tertiary/aromatic N) is 1. The quantitative estimate of drug-likeness (QED) is 0.747. The Morgan fingerprint density at radius 2 is 1.88 bits per heavy atom. The molecular weight excluding hydrogens is 318 g/mol. The monoisotopic (exact) mass is 337 g/mol. The number of fused-ring (bicyclic) bond motifs is 1. The van der Waals surface area contributed by atoms with Gasteiger partial charge in [-0.25, -0.2) is 4.79 Å². The van der Waals surface area contributed by atoms with Gasteiger partial charge in [0.05, 0.1) is 18.7 Å². The number of pyridine rings is 1. The third-order valence-corrected chi connectivity index (χ3v) is 3.97. The highest BCUT2D eigenvalue weighted by atomic mass is 16.5. The molecule has 0 radical (unpaired) electrons. The summed E-state index contributed by atoms with van der Waals surface area (Å²) in [7, 11) is 0. The molecule has 1 aromatic heterocycles. The van der Waals surface area contributed by atoms with Crippen LogP contribution < -0.4 is 10.3 Å². The molecule has 5 heteroatoms. The molecule has 25 heavy (non-hydrogen) atoms. The fraction of sp³-hybridized carbons (Fsp3) is 0.200. The minimum atomic E-state index is -0.962. The molecule has 0 unspecified atom stereocenters. The minimum Gasteiger partial charge on any atom is -0.494 e. The van der Waals surface area contributed by atoms with Crippen LogP contribution in [-0.4, -0.2) is 22.2 Å². The highest BCUT2D eigenvalue weighted by Crippen LogP contribution is 2.19. The molecule has 0 fully saturated rings. The average molecular weight is 337 g/mol. The van der Waals surface area contributed by atoms with Gasteiger partial charge in [0.1, 0.15) is 5.75 Å². The third kappa shape index (κ3) is 3.71. The van der Waals surface area contributed by atoms with Gasteiger partial charge in [-0.05, 0) is 53.8 Å². The molecule has 0 aliphatic rings. The summed E-state index contributed by atoms with van der Waals surface area (Å²) >= 11 is 0. The van der Waals surface area contributed by atoms with Crippen LogP contribution in [-0.2, 0) is 6.54 Å². The van der Waals surface area contributed by atoms with E-state index in [-0.39, 0.29) is 11.1 Å². The van der Waals surface area contributed by atoms with Gasteiger partial charge in [-0.1, -0.05) is 19.1 Å². The van der Waals surface area contributed by atoms with Crippen molar-refractivity contribution in [3.63, 3.8) is 0 Å². The second-order valence-electron chi connectivity index (χ2n) is 5.85. The number of ether oxygens (including phenoxy) is 1. The van der Waals surface area contributed by atoms with Crippen LogP contribution >= 0.6 is 0 Å². The van der Waals surface area contributed by atoms with Crippen molar-refractivity contribution in [3.05, 3.63) is 76.2 Å². The van der Waals surface area contributed by atoms with E-state index in [1.165, 1.54) is 0 Å². The largest absolute Gasteiger partial charge is 0.494 e. The third-order valence-electron chi connectivity index (χ3n) is 3.97. The van der Waals surface area contributed by atoms with Crippen LogP contribution in [0.25, 0.3) is 10.8 Å². The molecular formula is C20H19NO4. The van der Waals surface area contributed by atoms with E-state index in [2.05, 4.69) is 0 Å². The lowest BCUT2D eigenvalue weighted by atomic mass is 10.1. The van der Waals surface area contributed by atoms with E-state index < -0.39 is 5.97 Å². The van der Waals surface area contributed by atoms with Gasteiger partial charge < -0.3 is 14.4 Å². The smallest absolute Gasteiger partial charge is 0.335 e. The van der Waals surface area contributed by atoms with Crippen molar-refractivity contribution in [1.29, 1.82) is 0 Å². The average Bonchev–Trinajstić information content (AvgIpc) is 2.62. The van der Waals surface area contributed by atoms with E-state index in [0.29, 0.717) is 18.5 Å². The molecule has 1 N–H and O–H groups in total. The molecule has 0 bridgehead atoms. The Balaban J connectivity index is 1.88. The number of benzene rings is 2. The number of aromatic nitrogens is 1. The van der Waals surface area contributed by atoms with E-state index in [1.807, 2.05) is 25.1 Å². The van der Waals surface area contributed by atoms with E-state index in [0.717, 1.165) is 23.1 Å². The van der Waals surface area contributed by atoms with Crippen molar-refractivity contribution in [2.45, 2.75) is 19.9 Å². The number of hydrogen-bond donors (Lipinski definition) is 1. The van der Waals surface area contributed by atoms with Crippen LogP contribution in [0.15, 0.2) is 59.5 Å². The number of rotatable bonds is 6. The first-order valence-corrected chi connectivity index (χ1v) is 8.16. The standard InChI is InChI=1S/C20H19NO4/c1-2-11-25-17-7-8-18-16(12-17)9-10-21(19(18)22)13-14-3-5-15(6-4-14)20(23)24/h3-10,12H,2,11,13H2,1H3,(H,23,24). The summed E-state index contributed by atoms with van der Waals surface area (Å²) in [6.45, 7) is 3.08. The van der Waals surface area contributed by atoms with Gasteiger partial charge >= 0.3 is 5.97 Å². The summed E-state index contributed by atoms with van der Waals surface area (Å²) in [5, 5.41) is 10.4. The molecule has 0 saturated carbocycles. The zero-order valence-corrected chi connectivity index (χ0v) is 13.9. The van der Waals surface area contributed by atoms with Gasteiger partial charge in [-0.2, -0.15) is 0 Å². The lowest BCUT2D eigenvalue weighted by Gasteiger charge is -2.09. The van der Waals surface area contributed by atoms with Crippen LogP contribution in [0.4, 0.5) is 0 Å². The Bertz CT molecular complexity index is 958. The summed E-state index contributed by atoms with van der Waals surface area (Å²) in [6, 6.07) is 13.9. The molecule has 5 nitrogen and oxygen atoms in total. The summed E-state index contributed by atoms with van der Waals surface area (Å²) in [5.41, 5.74) is 1.02. The van der Waals surface area contributed by atoms with Crippen LogP contribution in [0, 0.1) is 0 Å². The van der Waals surface area contributed by atoms with Crippen LogP contribution in [0.5, 0.6) is 5.75 Å². The molecule has 1 heterocycles. The zero-order valence-electron chi connectivity index (χ0n) is 13.9. The lowest BCUT2D eigenvalue weighted by Crippen LogP contribution is -2.20. The Hall–Kier alpha value is -3.08. The molecule has 0 aliphatic carbocycles. The van der Waals surface area contributed by atoms with Crippen LogP contribution in [0.3, 0.4) is 0 Å². The van der Waals surface area contributed by atoms with Gasteiger partial charge in [0, 0.05) is 11.6 Å². The molecule has 2 aromatic carbocycles. The van der Waals surface area contributed by atoms with Crippen molar-refractivity contribution in [2.75, 3.05) is 6.61 Å². The highest BCUT2D eigenvalue weighted by molar-refractivity contribution is 5.87. The van der Waals surface area contributed by atoms with Crippen molar-refractivity contribution >= 4 is 16.7 Å². The van der Waals surface area contributed by atoms with E-state index in [1.54, 1.807) is 41.1 Å². The molecule has 0 amide bonds. The Kier molecular flexibility index (Phi) is 4.84. The first-order chi connectivity index (χ1) is 12.1. The zero-order chi connectivity index (χ0) is 17.8. The second kappa shape index (κ2) is 7.21. The Labute approximate surface area is 145 Å². The Morgan fingerprint density at radius 3 is 2.56 bits per heavy atom. The van der Waals surface area contributed by atoms with Gasteiger partial charge in [0.25, 0.3) is 5.56 Å². The van der Waals surface area contributed by atoms with E-state index in [4.69, 9.17) is 9.84 Å². The van der Waals surface area contributed by atoms with Crippen LogP contribution in [0.1, 0.15) is 29.3 Å². The van der Waals surface area contributed by atoms with Gasteiger partial charge in [0.15, 0.2) is 0 Å². The Morgan fingerprint density at radius 1 is 1.12 bits per heavy atom. The lowest BCUT2D eigenvalue weighted by molar-refractivity contribution is 0.0697. The summed E-state index contributed by atoms with van der Waals surface area (Å²) < 4.78 is 7.22. The summed E-state index contributed by atoms with van der Waals surface area (Å²) in [4.78, 5) is 23.6. The van der Waals surface area contributed by atoms with Crippen molar-refractivity contribution in [3.8, 4) is 5.75 Å². The topological polar surface area (TPSA) is 68.5 Å². The molecule has 0 saturated heterocycles. The summed E-state index contributed by atoms with van der Waals surface area (Å²) in [6.07, 6.45) is 2.68. The molecule has 128 valence electrons. The fourth-order valence-corrected chi connectivity index (χ4v) is 2.65. The maximum Gasteiger partial charge on any atom is 0.335 e. The molecule has 3 rings (SSSR count). The number of hydrogen-bond acceptors (Lipinski definition) is 3. The molecule has 0 aliphatic heterocycles. The molecule has 0 spiro atoms. The van der Waals surface area contributed by atoms with Gasteiger partial charge in [-0.3, -0.25) is 4.79 Å². The highest BCUT2D eigenvalue weighted by Gasteiger charge is 2.06. The van der Waals surface area contributed by atoms with Gasteiger partial charge in [0.2, 0.25) is 0 Å². The second-order valence-corrected chi connectivity index (χ2v) is 5.85. The maximum absolute atomic E-state index is 12.7. The predicted molar refractivity (Wildman–Crippen MR) is 96.5 cm³/mol. The fourth-order valence-electron chi connectivity index (χ4n) is 2.65. The maximum atomic E-state index is 12.7. The first-order valence-electron chi connectivity index (χ1n) is 8.16. The number of carbonyl (C=O) groups is 1. The van der Waals surface area contributed by atoms with Crippen LogP contribution in [0.2, 0.25) is 0 Å². The first kappa shape index (κ1) is 16.8. The van der Waals surface area contributed by atoms with E-state index in [9.17, 15) is 9.59 Å². The number of aromatic carboxylic acids is 1. The van der Waals surface area contributed by atoms with Crippen molar-refractivity contribution < 1.29 is 14.6 Å². The predicted octanol–water partition coefficient (Wildman–Crippen LogP) is 3.54. The SMILES string of the molecule is CCCOc1ccc2c(=O)n(Cc3ccc(C(=O)O)cc3)ccc2c1. The van der Waals surface area contributed by atoms with Gasteiger partial charge in [-0.15, -0.1) is 0 Å². The van der Waals surface area contributed by atoms with Crippen molar-refractivity contribution in [2.24, 2.45) is 0 Å². The molecule has 0 atom stereocenters. The minimum absolute atomic E-state index is 0.0816. The number of carboxylic acids is 1. The van der Waals surface area contributed by atoms with Crippen molar-refractivity contribution in [1.82, 2.24) is 4.57 Å². The van der Waals surface area contributed by atoms with E-state index >= 15 is 0 Å². The number of carboxylic acid groups (broad SMARTS) is 1. The normalized spacial score (nSPS) is 10.8.